The van der Waals surface area contributed by atoms with E-state index in [-0.39, 0.29) is 24.3 Å². The molecule has 1 saturated heterocycles. The Morgan fingerprint density at radius 2 is 1.93 bits per heavy atom. The normalized spacial score (nSPS) is 16.3. The lowest BCUT2D eigenvalue weighted by Gasteiger charge is -2.18. The number of para-hydroxylation sites is 1. The molecule has 6 heteroatoms. The van der Waals surface area contributed by atoms with Gasteiger partial charge in [-0.2, -0.15) is 5.26 Å². The molecule has 138 valence electrons. The highest BCUT2D eigenvalue weighted by atomic mass is 16.5. The molecule has 1 aliphatic heterocycles. The van der Waals surface area contributed by atoms with Gasteiger partial charge in [-0.1, -0.05) is 12.1 Å². The number of hydrogen-bond acceptors (Lipinski definition) is 4. The van der Waals surface area contributed by atoms with Crippen LogP contribution in [-0.4, -0.2) is 24.5 Å². The predicted molar refractivity (Wildman–Crippen MR) is 102 cm³/mol. The van der Waals surface area contributed by atoms with E-state index in [1.165, 1.54) is 0 Å². The SMILES string of the molecule is CC(C)Oc1ccc(N2CC(C(=O)Nc3ccccc3C#N)CC2=O)cc1. The molecule has 0 saturated carbocycles. The molecule has 1 heterocycles. The molecular formula is C21H21N3O3. The Morgan fingerprint density at radius 3 is 2.59 bits per heavy atom. The van der Waals surface area contributed by atoms with Crippen molar-refractivity contribution in [3.05, 3.63) is 54.1 Å². The number of nitriles is 1. The first-order chi connectivity index (χ1) is 13.0. The van der Waals surface area contributed by atoms with Crippen molar-refractivity contribution in [1.82, 2.24) is 0 Å². The van der Waals surface area contributed by atoms with Crippen molar-refractivity contribution in [1.29, 1.82) is 5.26 Å². The van der Waals surface area contributed by atoms with Gasteiger partial charge in [0.05, 0.1) is 23.3 Å². The maximum absolute atomic E-state index is 12.6. The second-order valence-electron chi connectivity index (χ2n) is 6.71. The summed E-state index contributed by atoms with van der Waals surface area (Å²) in [5.74, 6) is -0.0757. The zero-order valence-corrected chi connectivity index (χ0v) is 15.3. The van der Waals surface area contributed by atoms with Crippen molar-refractivity contribution in [3.63, 3.8) is 0 Å². The maximum atomic E-state index is 12.6. The zero-order chi connectivity index (χ0) is 19.4. The summed E-state index contributed by atoms with van der Waals surface area (Å²) >= 11 is 0. The number of anilines is 2. The van der Waals surface area contributed by atoms with Gasteiger partial charge >= 0.3 is 0 Å². The molecule has 6 nitrogen and oxygen atoms in total. The molecule has 1 atom stereocenters. The average molecular weight is 363 g/mol. The summed E-state index contributed by atoms with van der Waals surface area (Å²) in [6.45, 7) is 4.21. The van der Waals surface area contributed by atoms with Crippen LogP contribution in [0.25, 0.3) is 0 Å². The monoisotopic (exact) mass is 363 g/mol. The number of carbonyl (C=O) groups excluding carboxylic acids is 2. The summed E-state index contributed by atoms with van der Waals surface area (Å²) in [4.78, 5) is 26.6. The lowest BCUT2D eigenvalue weighted by Crippen LogP contribution is -2.28. The van der Waals surface area contributed by atoms with Crippen LogP contribution in [0, 0.1) is 17.2 Å². The minimum atomic E-state index is -0.462. The topological polar surface area (TPSA) is 82.4 Å². The van der Waals surface area contributed by atoms with Gasteiger partial charge in [0.1, 0.15) is 11.8 Å². The summed E-state index contributed by atoms with van der Waals surface area (Å²) < 4.78 is 5.61. The van der Waals surface area contributed by atoms with E-state index in [1.54, 1.807) is 29.2 Å². The summed E-state index contributed by atoms with van der Waals surface area (Å²) in [7, 11) is 0. The maximum Gasteiger partial charge on any atom is 0.229 e. The number of carbonyl (C=O) groups is 2. The van der Waals surface area contributed by atoms with E-state index < -0.39 is 5.92 Å². The van der Waals surface area contributed by atoms with Gasteiger partial charge < -0.3 is 15.0 Å². The van der Waals surface area contributed by atoms with Crippen LogP contribution in [0.3, 0.4) is 0 Å². The lowest BCUT2D eigenvalue weighted by molar-refractivity contribution is -0.122. The highest BCUT2D eigenvalue weighted by Crippen LogP contribution is 2.28. The quantitative estimate of drug-likeness (QED) is 0.883. The highest BCUT2D eigenvalue weighted by molar-refractivity contribution is 6.03. The number of amides is 2. The third kappa shape index (κ3) is 4.26. The van der Waals surface area contributed by atoms with Gasteiger partial charge in [-0.25, -0.2) is 0 Å². The molecule has 1 fully saturated rings. The number of rotatable bonds is 5. The first-order valence-electron chi connectivity index (χ1n) is 8.85. The molecule has 2 aromatic carbocycles. The first kappa shape index (κ1) is 18.5. The van der Waals surface area contributed by atoms with Crippen molar-refractivity contribution in [3.8, 4) is 11.8 Å². The molecule has 0 bridgehead atoms. The van der Waals surface area contributed by atoms with E-state index in [1.807, 2.05) is 44.2 Å². The summed E-state index contributed by atoms with van der Waals surface area (Å²) in [5.41, 5.74) is 1.60. The van der Waals surface area contributed by atoms with Crippen molar-refractivity contribution < 1.29 is 14.3 Å². The second kappa shape index (κ2) is 7.92. The van der Waals surface area contributed by atoms with Crippen LogP contribution < -0.4 is 15.0 Å². The molecule has 2 amide bonds. The van der Waals surface area contributed by atoms with Crippen LogP contribution in [0.5, 0.6) is 5.75 Å². The average Bonchev–Trinajstić information content (AvgIpc) is 3.04. The molecule has 1 N–H and O–H groups in total. The number of hydrogen-bond donors (Lipinski definition) is 1. The zero-order valence-electron chi connectivity index (χ0n) is 15.3. The predicted octanol–water partition coefficient (Wildman–Crippen LogP) is 3.34. The fraction of sp³-hybridized carbons (Fsp3) is 0.286. The fourth-order valence-electron chi connectivity index (χ4n) is 3.03. The Balaban J connectivity index is 1.68. The lowest BCUT2D eigenvalue weighted by atomic mass is 10.1. The van der Waals surface area contributed by atoms with Crippen molar-refractivity contribution in [2.45, 2.75) is 26.4 Å². The minimum Gasteiger partial charge on any atom is -0.491 e. The smallest absolute Gasteiger partial charge is 0.229 e. The minimum absolute atomic E-state index is 0.0774. The van der Waals surface area contributed by atoms with E-state index >= 15 is 0 Å². The van der Waals surface area contributed by atoms with Crippen LogP contribution in [0.15, 0.2) is 48.5 Å². The molecule has 0 aliphatic carbocycles. The van der Waals surface area contributed by atoms with Crippen molar-refractivity contribution in [2.24, 2.45) is 5.92 Å². The van der Waals surface area contributed by atoms with Crippen molar-refractivity contribution >= 4 is 23.2 Å². The molecule has 0 radical (unpaired) electrons. The highest BCUT2D eigenvalue weighted by Gasteiger charge is 2.35. The summed E-state index contributed by atoms with van der Waals surface area (Å²) in [6.07, 6.45) is 0.221. The molecular weight excluding hydrogens is 342 g/mol. The number of nitrogens with one attached hydrogen (secondary N) is 1. The van der Waals surface area contributed by atoms with Gasteiger partial charge in [-0.3, -0.25) is 9.59 Å². The van der Waals surface area contributed by atoms with Gasteiger partial charge in [0.15, 0.2) is 0 Å². The number of ether oxygens (including phenoxy) is 1. The Kier molecular flexibility index (Phi) is 5.41. The van der Waals surface area contributed by atoms with E-state index in [2.05, 4.69) is 5.32 Å². The third-order valence-corrected chi connectivity index (χ3v) is 4.32. The van der Waals surface area contributed by atoms with E-state index in [0.29, 0.717) is 17.8 Å². The van der Waals surface area contributed by atoms with Crippen LogP contribution in [-0.2, 0) is 9.59 Å². The Hall–Kier alpha value is -3.33. The van der Waals surface area contributed by atoms with Crippen LogP contribution in [0.1, 0.15) is 25.8 Å². The number of nitrogens with zero attached hydrogens (tertiary/aromatic N) is 2. The van der Waals surface area contributed by atoms with Crippen molar-refractivity contribution in [2.75, 3.05) is 16.8 Å². The van der Waals surface area contributed by atoms with E-state index in [0.717, 1.165) is 11.4 Å². The molecule has 2 aromatic rings. The molecule has 1 unspecified atom stereocenters. The van der Waals surface area contributed by atoms with Crippen LogP contribution in [0.4, 0.5) is 11.4 Å². The van der Waals surface area contributed by atoms with Gasteiger partial charge in [0, 0.05) is 18.7 Å². The van der Waals surface area contributed by atoms with Gasteiger partial charge in [0.2, 0.25) is 11.8 Å². The molecule has 0 spiro atoms. The van der Waals surface area contributed by atoms with Crippen LogP contribution >= 0.6 is 0 Å². The summed E-state index contributed by atoms with van der Waals surface area (Å²) in [5, 5.41) is 11.9. The Morgan fingerprint density at radius 1 is 1.22 bits per heavy atom. The van der Waals surface area contributed by atoms with Gasteiger partial charge in [0.25, 0.3) is 0 Å². The van der Waals surface area contributed by atoms with E-state index in [4.69, 9.17) is 10.00 Å². The number of benzene rings is 2. The molecule has 0 aromatic heterocycles. The van der Waals surface area contributed by atoms with Gasteiger partial charge in [-0.05, 0) is 50.2 Å². The largest absolute Gasteiger partial charge is 0.491 e. The van der Waals surface area contributed by atoms with Crippen LogP contribution in [0.2, 0.25) is 0 Å². The Bertz CT molecular complexity index is 884. The molecule has 1 aliphatic rings. The summed E-state index contributed by atoms with van der Waals surface area (Å²) in [6, 6.07) is 16.1. The fourth-order valence-corrected chi connectivity index (χ4v) is 3.03. The Labute approximate surface area is 158 Å². The van der Waals surface area contributed by atoms with E-state index in [9.17, 15) is 9.59 Å². The second-order valence-corrected chi connectivity index (χ2v) is 6.71. The van der Waals surface area contributed by atoms with Gasteiger partial charge in [-0.15, -0.1) is 0 Å². The molecule has 27 heavy (non-hydrogen) atoms. The first-order valence-corrected chi connectivity index (χ1v) is 8.85. The third-order valence-electron chi connectivity index (χ3n) is 4.32. The molecule has 3 rings (SSSR count). The standard InChI is InChI=1S/C21H21N3O3/c1-14(2)27-18-9-7-17(8-10-18)24-13-16(11-20(24)25)21(26)23-19-6-4-3-5-15(19)12-22/h3-10,14,16H,11,13H2,1-2H3,(H,23,26).